The Balaban J connectivity index is 2.00. The zero-order chi connectivity index (χ0) is 16.9. The zero-order valence-electron chi connectivity index (χ0n) is 13.4. The maximum atomic E-state index is 12.8. The molecule has 1 fully saturated rings. The first kappa shape index (κ1) is 17.0. The number of rotatable bonds is 5. The average molecular weight is 347 g/mol. The molecule has 2 heterocycles. The van der Waals surface area contributed by atoms with Crippen LogP contribution in [-0.2, 0) is 11.3 Å². The van der Waals surface area contributed by atoms with Crippen LogP contribution < -0.4 is 10.9 Å². The maximum absolute atomic E-state index is 12.8. The summed E-state index contributed by atoms with van der Waals surface area (Å²) in [7, 11) is 0. The van der Waals surface area contributed by atoms with Crippen molar-refractivity contribution < 1.29 is 9.90 Å². The van der Waals surface area contributed by atoms with Gasteiger partial charge in [-0.1, -0.05) is 30.3 Å². The van der Waals surface area contributed by atoms with Crippen molar-refractivity contribution in [3.8, 4) is 0 Å². The van der Waals surface area contributed by atoms with Crippen LogP contribution >= 0.6 is 11.8 Å². The fourth-order valence-corrected chi connectivity index (χ4v) is 4.00. The number of nitrogens with zero attached hydrogens (tertiary/aromatic N) is 2. The molecule has 24 heavy (non-hydrogen) atoms. The second-order valence-corrected chi connectivity index (χ2v) is 7.01. The highest BCUT2D eigenvalue weighted by atomic mass is 32.2. The van der Waals surface area contributed by atoms with Gasteiger partial charge in [-0.15, -0.1) is 0 Å². The summed E-state index contributed by atoms with van der Waals surface area (Å²) in [5.74, 6) is 0.00798. The topological polar surface area (TPSA) is 84.2 Å². The minimum absolute atomic E-state index is 0.00723. The quantitative estimate of drug-likeness (QED) is 0.802. The Labute approximate surface area is 144 Å². The summed E-state index contributed by atoms with van der Waals surface area (Å²) in [5, 5.41) is 12.9. The summed E-state index contributed by atoms with van der Waals surface area (Å²) in [4.78, 5) is 29.6. The standard InChI is InChI=1S/C17H21N3O3S/c21-11-5-10-20-16(23)12-6-1-2-7-13(12)19-17(20)24-14-8-3-4-9-18-15(14)22/h1-2,6-7,14,21H,3-5,8-11H2,(H,18,22)/t14-/m1/s1. The lowest BCUT2D eigenvalue weighted by Crippen LogP contribution is -2.32. The molecule has 1 aromatic heterocycles. The highest BCUT2D eigenvalue weighted by Crippen LogP contribution is 2.27. The van der Waals surface area contributed by atoms with Gasteiger partial charge in [0.15, 0.2) is 5.16 Å². The maximum Gasteiger partial charge on any atom is 0.262 e. The summed E-state index contributed by atoms with van der Waals surface area (Å²) in [6.07, 6.45) is 3.21. The molecule has 1 aromatic carbocycles. The van der Waals surface area contributed by atoms with E-state index in [9.17, 15) is 9.59 Å². The van der Waals surface area contributed by atoms with Crippen LogP contribution in [0, 0.1) is 0 Å². The van der Waals surface area contributed by atoms with E-state index >= 15 is 0 Å². The van der Waals surface area contributed by atoms with E-state index in [1.165, 1.54) is 11.8 Å². The van der Waals surface area contributed by atoms with Crippen LogP contribution in [0.4, 0.5) is 0 Å². The number of benzene rings is 1. The molecule has 0 unspecified atom stereocenters. The fraction of sp³-hybridized carbons (Fsp3) is 0.471. The van der Waals surface area contributed by atoms with Crippen LogP contribution in [0.5, 0.6) is 0 Å². The van der Waals surface area contributed by atoms with Gasteiger partial charge in [-0.25, -0.2) is 4.98 Å². The monoisotopic (exact) mass is 347 g/mol. The Kier molecular flexibility index (Phi) is 5.52. The number of aromatic nitrogens is 2. The van der Waals surface area contributed by atoms with Gasteiger partial charge in [0.05, 0.1) is 16.2 Å². The van der Waals surface area contributed by atoms with E-state index in [-0.39, 0.29) is 23.3 Å². The first-order chi connectivity index (χ1) is 11.7. The first-order valence-electron chi connectivity index (χ1n) is 8.25. The van der Waals surface area contributed by atoms with Crippen LogP contribution in [0.3, 0.4) is 0 Å². The Hall–Kier alpha value is -1.86. The fourth-order valence-electron chi connectivity index (χ4n) is 2.81. The molecule has 7 heteroatoms. The van der Waals surface area contributed by atoms with Crippen molar-refractivity contribution in [2.75, 3.05) is 13.2 Å². The predicted octanol–water partition coefficient (Wildman–Crippen LogP) is 1.54. The molecular weight excluding hydrogens is 326 g/mol. The lowest BCUT2D eigenvalue weighted by Gasteiger charge is -2.16. The van der Waals surface area contributed by atoms with Gasteiger partial charge < -0.3 is 10.4 Å². The van der Waals surface area contributed by atoms with Crippen molar-refractivity contribution in [3.63, 3.8) is 0 Å². The Bertz CT molecular complexity index is 790. The SMILES string of the molecule is O=C1NCCCC[C@H]1Sc1nc2ccccc2c(=O)n1CCCO. The summed E-state index contributed by atoms with van der Waals surface area (Å²) in [5.41, 5.74) is 0.518. The van der Waals surface area contributed by atoms with Gasteiger partial charge in [0.25, 0.3) is 5.56 Å². The normalized spacial score (nSPS) is 18.4. The van der Waals surface area contributed by atoms with Crippen LogP contribution in [0.15, 0.2) is 34.2 Å². The van der Waals surface area contributed by atoms with E-state index < -0.39 is 0 Å². The number of fused-ring (bicyclic) bond motifs is 1. The van der Waals surface area contributed by atoms with Crippen LogP contribution in [0.25, 0.3) is 10.9 Å². The van der Waals surface area contributed by atoms with E-state index in [0.717, 1.165) is 19.3 Å². The molecule has 0 aliphatic carbocycles. The van der Waals surface area contributed by atoms with Crippen LogP contribution in [0.1, 0.15) is 25.7 Å². The lowest BCUT2D eigenvalue weighted by molar-refractivity contribution is -0.120. The van der Waals surface area contributed by atoms with Gasteiger partial charge in [0.1, 0.15) is 0 Å². The predicted molar refractivity (Wildman–Crippen MR) is 94.2 cm³/mol. The number of nitrogens with one attached hydrogen (secondary N) is 1. The number of para-hydroxylation sites is 1. The highest BCUT2D eigenvalue weighted by Gasteiger charge is 2.24. The molecule has 1 aliphatic rings. The number of carbonyl (C=O) groups excluding carboxylic acids is 1. The van der Waals surface area contributed by atoms with Crippen molar-refractivity contribution in [2.45, 2.75) is 42.6 Å². The number of thioether (sulfide) groups is 1. The molecule has 2 aromatic rings. The summed E-state index contributed by atoms with van der Waals surface area (Å²) in [6, 6.07) is 7.23. The molecule has 3 rings (SSSR count). The third-order valence-corrected chi connectivity index (χ3v) is 5.36. The van der Waals surface area contributed by atoms with Gasteiger partial charge in [-0.05, 0) is 31.4 Å². The second-order valence-electron chi connectivity index (χ2n) is 5.84. The molecule has 1 atom stereocenters. The van der Waals surface area contributed by atoms with Crippen molar-refractivity contribution in [1.29, 1.82) is 0 Å². The summed E-state index contributed by atoms with van der Waals surface area (Å²) < 4.78 is 1.58. The molecule has 128 valence electrons. The lowest BCUT2D eigenvalue weighted by atomic mass is 10.2. The Morgan fingerprint density at radius 3 is 2.96 bits per heavy atom. The number of aliphatic hydroxyl groups is 1. The summed E-state index contributed by atoms with van der Waals surface area (Å²) >= 11 is 1.35. The third kappa shape index (κ3) is 3.62. The number of hydrogen-bond acceptors (Lipinski definition) is 5. The van der Waals surface area contributed by atoms with Crippen molar-refractivity contribution >= 4 is 28.6 Å². The number of hydrogen-bond donors (Lipinski definition) is 2. The largest absolute Gasteiger partial charge is 0.396 e. The smallest absolute Gasteiger partial charge is 0.262 e. The van der Waals surface area contributed by atoms with Crippen molar-refractivity contribution in [3.05, 3.63) is 34.6 Å². The third-order valence-electron chi connectivity index (χ3n) is 4.10. The molecule has 0 spiro atoms. The van der Waals surface area contributed by atoms with Gasteiger partial charge in [-0.3, -0.25) is 14.2 Å². The van der Waals surface area contributed by atoms with Crippen molar-refractivity contribution in [1.82, 2.24) is 14.9 Å². The molecule has 1 aliphatic heterocycles. The number of aliphatic hydroxyl groups excluding tert-OH is 1. The molecule has 0 radical (unpaired) electrons. The summed E-state index contributed by atoms with van der Waals surface area (Å²) in [6.45, 7) is 1.11. The van der Waals surface area contributed by atoms with Gasteiger partial charge >= 0.3 is 0 Å². The molecule has 0 saturated carbocycles. The van der Waals surface area contributed by atoms with E-state index in [1.54, 1.807) is 10.6 Å². The molecule has 6 nitrogen and oxygen atoms in total. The van der Waals surface area contributed by atoms with Gasteiger partial charge in [-0.2, -0.15) is 0 Å². The minimum Gasteiger partial charge on any atom is -0.396 e. The van der Waals surface area contributed by atoms with Gasteiger partial charge in [0.2, 0.25) is 5.91 Å². The minimum atomic E-state index is -0.235. The molecule has 1 saturated heterocycles. The van der Waals surface area contributed by atoms with E-state index in [1.807, 2.05) is 18.2 Å². The van der Waals surface area contributed by atoms with Crippen LogP contribution in [0.2, 0.25) is 0 Å². The Morgan fingerprint density at radius 1 is 1.29 bits per heavy atom. The van der Waals surface area contributed by atoms with E-state index in [0.29, 0.717) is 35.6 Å². The Morgan fingerprint density at radius 2 is 2.12 bits per heavy atom. The average Bonchev–Trinajstić information content (AvgIpc) is 2.79. The van der Waals surface area contributed by atoms with Crippen LogP contribution in [-0.4, -0.2) is 39.0 Å². The zero-order valence-corrected chi connectivity index (χ0v) is 14.2. The van der Waals surface area contributed by atoms with E-state index in [2.05, 4.69) is 10.3 Å². The number of carbonyl (C=O) groups is 1. The van der Waals surface area contributed by atoms with E-state index in [4.69, 9.17) is 5.11 Å². The highest BCUT2D eigenvalue weighted by molar-refractivity contribution is 8.00. The first-order valence-corrected chi connectivity index (χ1v) is 9.13. The van der Waals surface area contributed by atoms with Crippen molar-refractivity contribution in [2.24, 2.45) is 0 Å². The molecule has 1 amide bonds. The second kappa shape index (κ2) is 7.81. The molecular formula is C17H21N3O3S. The van der Waals surface area contributed by atoms with Gasteiger partial charge in [0, 0.05) is 19.7 Å². The molecule has 2 N–H and O–H groups in total. The molecule has 0 bridgehead atoms. The number of amides is 1.